The third kappa shape index (κ3) is 2.99. The lowest BCUT2D eigenvalue weighted by Gasteiger charge is -2.35. The van der Waals surface area contributed by atoms with E-state index < -0.39 is 5.60 Å². The summed E-state index contributed by atoms with van der Waals surface area (Å²) in [5, 5.41) is 17.3. The summed E-state index contributed by atoms with van der Waals surface area (Å²) in [6.07, 6.45) is 1.21. The lowest BCUT2D eigenvalue weighted by atomic mass is 10.1. The Morgan fingerprint density at radius 2 is 2.12 bits per heavy atom. The van der Waals surface area contributed by atoms with Crippen LogP contribution in [0.3, 0.4) is 0 Å². The van der Waals surface area contributed by atoms with Crippen molar-refractivity contribution in [3.63, 3.8) is 0 Å². The van der Waals surface area contributed by atoms with Gasteiger partial charge in [0.2, 0.25) is 0 Å². The lowest BCUT2D eigenvalue weighted by Crippen LogP contribution is -2.50. The number of hydrogen-bond donors (Lipinski definition) is 2. The predicted octanol–water partition coefficient (Wildman–Crippen LogP) is 2.21. The van der Waals surface area contributed by atoms with Gasteiger partial charge in [0.15, 0.2) is 0 Å². The number of nitrogens with zero attached hydrogens (tertiary/aromatic N) is 2. The number of benzene rings is 1. The van der Waals surface area contributed by atoms with Crippen LogP contribution in [0.15, 0.2) is 34.8 Å². The van der Waals surface area contributed by atoms with Gasteiger partial charge in [-0.05, 0) is 31.0 Å². The Morgan fingerprint density at radius 1 is 1.38 bits per heavy atom. The van der Waals surface area contributed by atoms with Crippen LogP contribution in [-0.2, 0) is 4.74 Å². The van der Waals surface area contributed by atoms with Crippen molar-refractivity contribution < 1.29 is 14.6 Å². The number of aliphatic hydroxyl groups is 1. The lowest BCUT2D eigenvalue weighted by molar-refractivity contribution is -0.0922. The zero-order chi connectivity index (χ0) is 16.7. The molecule has 1 atom stereocenters. The fourth-order valence-corrected chi connectivity index (χ4v) is 3.24. The number of aromatic nitrogens is 2. The summed E-state index contributed by atoms with van der Waals surface area (Å²) in [4.78, 5) is 14.4. The average molecular weight is 392 g/mol. The molecule has 2 aromatic rings. The first-order chi connectivity index (χ1) is 11.5. The van der Waals surface area contributed by atoms with Gasteiger partial charge in [-0.25, -0.2) is 0 Å². The Bertz CT molecular complexity index is 755. The smallest absolute Gasteiger partial charge is 0.272 e. The minimum Gasteiger partial charge on any atom is -0.387 e. The van der Waals surface area contributed by atoms with E-state index in [1.165, 1.54) is 0 Å². The zero-order valence-corrected chi connectivity index (χ0v) is 14.6. The van der Waals surface area contributed by atoms with Crippen molar-refractivity contribution in [3.05, 3.63) is 40.5 Å². The van der Waals surface area contributed by atoms with E-state index in [1.807, 2.05) is 24.3 Å². The molecule has 1 unspecified atom stereocenters. The van der Waals surface area contributed by atoms with E-state index in [2.05, 4.69) is 26.1 Å². The van der Waals surface area contributed by atoms with Crippen molar-refractivity contribution >= 4 is 21.8 Å². The normalized spacial score (nSPS) is 22.4. The predicted molar refractivity (Wildman–Crippen MR) is 91.6 cm³/mol. The minimum absolute atomic E-state index is 0.108. The Kier molecular flexibility index (Phi) is 3.94. The summed E-state index contributed by atoms with van der Waals surface area (Å²) in [6, 6.07) is 9.54. The molecule has 1 aromatic carbocycles. The fraction of sp³-hybridized carbons (Fsp3) is 0.412. The Balaban J connectivity index is 1.49. The van der Waals surface area contributed by atoms with Crippen LogP contribution < -0.4 is 0 Å². The molecule has 126 valence electrons. The van der Waals surface area contributed by atoms with Gasteiger partial charge in [0.05, 0.1) is 24.4 Å². The number of hydrogen-bond acceptors (Lipinski definition) is 4. The molecule has 7 heteroatoms. The standard InChI is InChI=1S/C17H18BrN3O3/c18-12-3-1-11(2-4-12)13-9-14(20-19-13)16(22)21-7-8-24-15(10-21)17(23)5-6-17/h1-4,9,15,23H,5-8,10H2,(H,19,20). The van der Waals surface area contributed by atoms with Crippen molar-refractivity contribution in [2.45, 2.75) is 24.5 Å². The highest BCUT2D eigenvalue weighted by Crippen LogP contribution is 2.41. The number of morpholine rings is 1. The molecule has 4 rings (SSSR count). The van der Waals surface area contributed by atoms with Crippen molar-refractivity contribution in [3.8, 4) is 11.3 Å². The molecule has 2 N–H and O–H groups in total. The van der Waals surface area contributed by atoms with Crippen LogP contribution in [0.2, 0.25) is 0 Å². The maximum Gasteiger partial charge on any atom is 0.272 e. The molecule has 2 fully saturated rings. The number of ether oxygens (including phenoxy) is 1. The van der Waals surface area contributed by atoms with Gasteiger partial charge in [-0.15, -0.1) is 0 Å². The molecule has 0 bridgehead atoms. The molecule has 0 spiro atoms. The maximum atomic E-state index is 12.7. The molecule has 2 heterocycles. The zero-order valence-electron chi connectivity index (χ0n) is 13.0. The average Bonchev–Trinajstić information content (AvgIpc) is 3.17. The highest BCUT2D eigenvalue weighted by molar-refractivity contribution is 9.10. The third-order valence-electron chi connectivity index (χ3n) is 4.66. The molecule has 1 saturated heterocycles. The Hall–Kier alpha value is -1.70. The molecule has 24 heavy (non-hydrogen) atoms. The van der Waals surface area contributed by atoms with Gasteiger partial charge in [0, 0.05) is 16.6 Å². The molecule has 1 saturated carbocycles. The monoisotopic (exact) mass is 391 g/mol. The largest absolute Gasteiger partial charge is 0.387 e. The number of rotatable bonds is 3. The topological polar surface area (TPSA) is 78.5 Å². The highest BCUT2D eigenvalue weighted by Gasteiger charge is 2.50. The van der Waals surface area contributed by atoms with Gasteiger partial charge < -0.3 is 14.7 Å². The summed E-state index contributed by atoms with van der Waals surface area (Å²) < 4.78 is 6.63. The van der Waals surface area contributed by atoms with E-state index in [1.54, 1.807) is 11.0 Å². The minimum atomic E-state index is -0.741. The van der Waals surface area contributed by atoms with Gasteiger partial charge >= 0.3 is 0 Å². The number of nitrogens with one attached hydrogen (secondary N) is 1. The number of H-pyrrole nitrogens is 1. The first-order valence-electron chi connectivity index (χ1n) is 8.00. The van der Waals surface area contributed by atoms with Crippen molar-refractivity contribution in [1.29, 1.82) is 0 Å². The van der Waals surface area contributed by atoms with Crippen LogP contribution in [-0.4, -0.2) is 57.5 Å². The molecule has 2 aliphatic rings. The molecule has 1 aromatic heterocycles. The quantitative estimate of drug-likeness (QED) is 0.840. The van der Waals surface area contributed by atoms with Crippen LogP contribution in [0.5, 0.6) is 0 Å². The van der Waals surface area contributed by atoms with E-state index >= 15 is 0 Å². The van der Waals surface area contributed by atoms with Gasteiger partial charge in [0.1, 0.15) is 11.8 Å². The van der Waals surface area contributed by atoms with E-state index in [4.69, 9.17) is 4.74 Å². The number of carbonyl (C=O) groups is 1. The van der Waals surface area contributed by atoms with Gasteiger partial charge in [-0.2, -0.15) is 5.10 Å². The summed E-state index contributed by atoms with van der Waals surface area (Å²) in [6.45, 7) is 1.40. The van der Waals surface area contributed by atoms with Crippen LogP contribution in [0.1, 0.15) is 23.3 Å². The molecule has 0 radical (unpaired) electrons. The number of aromatic amines is 1. The molecule has 1 amide bonds. The number of amides is 1. The second-order valence-electron chi connectivity index (χ2n) is 6.39. The van der Waals surface area contributed by atoms with Crippen molar-refractivity contribution in [2.24, 2.45) is 0 Å². The van der Waals surface area contributed by atoms with E-state index in [0.29, 0.717) is 25.4 Å². The molecule has 1 aliphatic carbocycles. The van der Waals surface area contributed by atoms with E-state index in [-0.39, 0.29) is 12.0 Å². The third-order valence-corrected chi connectivity index (χ3v) is 5.19. The van der Waals surface area contributed by atoms with Crippen LogP contribution in [0.25, 0.3) is 11.3 Å². The van der Waals surface area contributed by atoms with Crippen molar-refractivity contribution in [1.82, 2.24) is 15.1 Å². The summed E-state index contributed by atoms with van der Waals surface area (Å²) in [7, 11) is 0. The maximum absolute atomic E-state index is 12.7. The first-order valence-corrected chi connectivity index (χ1v) is 8.79. The molecule has 1 aliphatic heterocycles. The molecular weight excluding hydrogens is 374 g/mol. The first kappa shape index (κ1) is 15.8. The second-order valence-corrected chi connectivity index (χ2v) is 7.30. The highest BCUT2D eigenvalue weighted by atomic mass is 79.9. The van der Waals surface area contributed by atoms with Gasteiger partial charge in [0.25, 0.3) is 5.91 Å². The van der Waals surface area contributed by atoms with Crippen molar-refractivity contribution in [2.75, 3.05) is 19.7 Å². The number of carbonyl (C=O) groups excluding carboxylic acids is 1. The molecule has 6 nitrogen and oxygen atoms in total. The van der Waals surface area contributed by atoms with Gasteiger partial charge in [-0.1, -0.05) is 28.1 Å². The second kappa shape index (κ2) is 5.98. The number of halogens is 1. The van der Waals surface area contributed by atoms with Crippen LogP contribution >= 0.6 is 15.9 Å². The summed E-state index contributed by atoms with van der Waals surface area (Å²) >= 11 is 3.40. The molecular formula is C17H18BrN3O3. The Labute approximate surface area is 147 Å². The SMILES string of the molecule is O=C(c1cc(-c2ccc(Br)cc2)n[nH]1)N1CCOC(C2(O)CC2)C1. The van der Waals surface area contributed by atoms with Crippen LogP contribution in [0, 0.1) is 0 Å². The summed E-state index contributed by atoms with van der Waals surface area (Å²) in [5.74, 6) is -0.108. The van der Waals surface area contributed by atoms with E-state index in [9.17, 15) is 9.90 Å². The summed E-state index contributed by atoms with van der Waals surface area (Å²) in [5.41, 5.74) is 1.39. The van der Waals surface area contributed by atoms with Gasteiger partial charge in [-0.3, -0.25) is 9.89 Å². The fourth-order valence-electron chi connectivity index (χ4n) is 2.98. The Morgan fingerprint density at radius 3 is 2.83 bits per heavy atom. The van der Waals surface area contributed by atoms with Crippen LogP contribution in [0.4, 0.5) is 0 Å². The van der Waals surface area contributed by atoms with E-state index in [0.717, 1.165) is 28.6 Å².